The van der Waals surface area contributed by atoms with Gasteiger partial charge in [0.25, 0.3) is 0 Å². The number of hydrogen-bond donors (Lipinski definition) is 0. The van der Waals surface area contributed by atoms with Crippen LogP contribution in [0.4, 0.5) is 0 Å². The Hall–Kier alpha value is -0.520. The molecule has 0 aliphatic rings. The Morgan fingerprint density at radius 3 is 0.647 bits per heavy atom. The molecule has 0 aromatic carbocycles. The molecule has 0 heterocycles. The van der Waals surface area contributed by atoms with Crippen LogP contribution < -0.4 is 0 Å². The lowest BCUT2D eigenvalue weighted by Gasteiger charge is -1.65. The van der Waals surface area contributed by atoms with Crippen LogP contribution in [0.3, 0.4) is 0 Å². The molecule has 0 saturated heterocycles. The predicted octanol–water partition coefficient (Wildman–Crippen LogP) is 7.91. The first-order valence-corrected chi connectivity index (χ1v) is 7.27. The van der Waals surface area contributed by atoms with Crippen LogP contribution in [0.1, 0.15) is 89.5 Å². The third-order valence-electron chi connectivity index (χ3n) is 0. The second kappa shape index (κ2) is 268. The van der Waals surface area contributed by atoms with Crippen molar-refractivity contribution in [3.63, 3.8) is 0 Å². The predicted molar refractivity (Wildman–Crippen MR) is 93.1 cm³/mol. The maximum Gasteiger partial charge on any atom is -0.0445 e. The summed E-state index contributed by atoms with van der Waals surface area (Å²) >= 11 is 0. The molecule has 0 spiro atoms. The van der Waals surface area contributed by atoms with Crippen molar-refractivity contribution < 1.29 is 0 Å². The first-order chi connectivity index (χ1) is 8.15. The van der Waals surface area contributed by atoms with Crippen LogP contribution in [0, 0.1) is 0 Å². The van der Waals surface area contributed by atoms with Gasteiger partial charge in [0.1, 0.15) is 0 Å². The lowest BCUT2D eigenvalue weighted by Crippen LogP contribution is -1.43. The van der Waals surface area contributed by atoms with E-state index >= 15 is 0 Å². The molecule has 0 fully saturated rings. The molecule has 0 amide bonds. The van der Waals surface area contributed by atoms with Gasteiger partial charge in [0.15, 0.2) is 0 Å². The average molecular weight is 249 g/mol. The summed E-state index contributed by atoms with van der Waals surface area (Å²) in [6.45, 7) is 33.8. The molecule has 0 rings (SSSR count). The van der Waals surface area contributed by atoms with Gasteiger partial charge in [0.2, 0.25) is 0 Å². The molecule has 0 N–H and O–H groups in total. The zero-order valence-electron chi connectivity index (χ0n) is 15.3. The molecule has 0 nitrogen and oxygen atoms in total. The lowest BCUT2D eigenvalue weighted by atomic mass is 10.4. The van der Waals surface area contributed by atoms with Crippen LogP contribution in [0.15, 0.2) is 25.3 Å². The van der Waals surface area contributed by atoms with Crippen molar-refractivity contribution in [2.45, 2.75) is 89.5 Å². The highest BCUT2D eigenvalue weighted by molar-refractivity contribution is 4.78. The molecule has 0 aliphatic heterocycles. The molecule has 0 atom stereocenters. The maximum absolute atomic E-state index is 3.56. The van der Waals surface area contributed by atoms with Gasteiger partial charge in [-0.25, -0.2) is 0 Å². The van der Waals surface area contributed by atoms with Gasteiger partial charge in [-0.15, -0.1) is 19.7 Å². The molecule has 0 aromatic heterocycles. The van der Waals surface area contributed by atoms with E-state index in [-0.39, 0.29) is 0 Å². The van der Waals surface area contributed by atoms with Crippen molar-refractivity contribution in [1.82, 2.24) is 0 Å². The van der Waals surface area contributed by atoms with Crippen LogP contribution >= 0.6 is 0 Å². The monoisotopic (exact) mass is 248 g/mol. The van der Waals surface area contributed by atoms with E-state index in [1.54, 1.807) is 0 Å². The van der Waals surface area contributed by atoms with Crippen LogP contribution in [0.5, 0.6) is 0 Å². The van der Waals surface area contributed by atoms with Crippen LogP contribution in [-0.2, 0) is 0 Å². The average Bonchev–Trinajstić information content (AvgIpc) is 2.41. The van der Waals surface area contributed by atoms with E-state index in [1.165, 1.54) is 12.0 Å². The van der Waals surface area contributed by atoms with E-state index in [0.29, 0.717) is 0 Å². The second-order valence-corrected chi connectivity index (χ2v) is 1.91. The molecule has 0 saturated carbocycles. The normalized spacial score (nSPS) is 4.24. The summed E-state index contributed by atoms with van der Waals surface area (Å²) in [5, 5.41) is 0. The van der Waals surface area contributed by atoms with Gasteiger partial charge in [-0.1, -0.05) is 81.2 Å². The zero-order chi connectivity index (χ0) is 16.3. The molecule has 0 aromatic rings. The maximum atomic E-state index is 3.56. The van der Waals surface area contributed by atoms with E-state index in [9.17, 15) is 0 Å². The van der Waals surface area contributed by atoms with Gasteiger partial charge in [-0.2, -0.15) is 0 Å². The second-order valence-electron chi connectivity index (χ2n) is 1.91. The van der Waals surface area contributed by atoms with E-state index in [1.807, 2.05) is 69.2 Å². The minimum Gasteiger partial charge on any atom is -0.106 e. The summed E-state index contributed by atoms with van der Waals surface area (Å²) in [5.41, 5.74) is 1.17. The standard InChI is InChI=1S/C4H8.C3H8.4C2H6.C2H4/c1-4(2)3;1-3-2;5*1-2/h1H2,2-3H3;3H2,1-2H3;4*1-2H3;1-2H2. The fourth-order valence-electron chi connectivity index (χ4n) is 0. The molecule has 0 radical (unpaired) electrons. The van der Waals surface area contributed by atoms with E-state index in [2.05, 4.69) is 33.6 Å². The van der Waals surface area contributed by atoms with Crippen LogP contribution in [-0.4, -0.2) is 0 Å². The first kappa shape index (κ1) is 43.9. The summed E-state index contributed by atoms with van der Waals surface area (Å²) in [6.07, 6.45) is 1.25. The molecular weight excluding hydrogens is 204 g/mol. The summed E-state index contributed by atoms with van der Waals surface area (Å²) in [5.74, 6) is 0. The number of hydrogen-bond acceptors (Lipinski definition) is 0. The van der Waals surface area contributed by atoms with Gasteiger partial charge < -0.3 is 0 Å². The quantitative estimate of drug-likeness (QED) is 0.382. The Morgan fingerprint density at radius 2 is 0.647 bits per heavy atom. The molecule has 0 bridgehead atoms. The highest BCUT2D eigenvalue weighted by Crippen LogP contribution is 1.73. The topological polar surface area (TPSA) is 0 Å². The molecular formula is C17H44. The van der Waals surface area contributed by atoms with Gasteiger partial charge in [0.05, 0.1) is 0 Å². The van der Waals surface area contributed by atoms with Crippen molar-refractivity contribution in [3.8, 4) is 0 Å². The van der Waals surface area contributed by atoms with Crippen LogP contribution in [0.2, 0.25) is 0 Å². The van der Waals surface area contributed by atoms with Gasteiger partial charge in [-0.05, 0) is 13.8 Å². The Bertz CT molecular complexity index is 40.0. The zero-order valence-corrected chi connectivity index (χ0v) is 15.3. The third-order valence-corrected chi connectivity index (χ3v) is 0. The van der Waals surface area contributed by atoms with Gasteiger partial charge >= 0.3 is 0 Å². The van der Waals surface area contributed by atoms with E-state index < -0.39 is 0 Å². The third kappa shape index (κ3) is 10400. The van der Waals surface area contributed by atoms with Crippen molar-refractivity contribution in [1.29, 1.82) is 0 Å². The minimum absolute atomic E-state index is 1.17. The Labute approximate surface area is 115 Å². The highest BCUT2D eigenvalue weighted by atomic mass is 13.6. The Kier molecular flexibility index (Phi) is 693. The van der Waals surface area contributed by atoms with E-state index in [4.69, 9.17) is 0 Å². The lowest BCUT2D eigenvalue weighted by molar-refractivity contribution is 1.09. The Morgan fingerprint density at radius 1 is 0.647 bits per heavy atom. The van der Waals surface area contributed by atoms with Gasteiger partial charge in [0, 0.05) is 0 Å². The summed E-state index contributed by atoms with van der Waals surface area (Å²) in [7, 11) is 0. The largest absolute Gasteiger partial charge is 0.106 e. The molecule has 112 valence electrons. The van der Waals surface area contributed by atoms with Crippen LogP contribution in [0.25, 0.3) is 0 Å². The smallest absolute Gasteiger partial charge is 0.0445 e. The summed E-state index contributed by atoms with van der Waals surface area (Å²) < 4.78 is 0. The van der Waals surface area contributed by atoms with Crippen molar-refractivity contribution in [2.24, 2.45) is 0 Å². The van der Waals surface area contributed by atoms with Crippen molar-refractivity contribution >= 4 is 0 Å². The molecule has 0 unspecified atom stereocenters. The SMILES string of the molecule is C=C.C=C(C)C.CC.CC.CC.CC.CCC. The van der Waals surface area contributed by atoms with E-state index in [0.717, 1.165) is 0 Å². The fraction of sp³-hybridized carbons (Fsp3) is 0.765. The molecule has 17 heavy (non-hydrogen) atoms. The van der Waals surface area contributed by atoms with Crippen molar-refractivity contribution in [2.75, 3.05) is 0 Å². The highest BCUT2D eigenvalue weighted by Gasteiger charge is 1.51. The first-order valence-electron chi connectivity index (χ1n) is 7.27. The summed E-state index contributed by atoms with van der Waals surface area (Å²) in [4.78, 5) is 0. The van der Waals surface area contributed by atoms with Gasteiger partial charge in [-0.3, -0.25) is 0 Å². The number of rotatable bonds is 0. The molecule has 0 heteroatoms. The number of allylic oxidation sites excluding steroid dienone is 1. The Balaban J connectivity index is -0.0000000141. The fourth-order valence-corrected chi connectivity index (χ4v) is 0. The van der Waals surface area contributed by atoms with Crippen molar-refractivity contribution in [3.05, 3.63) is 25.3 Å². The summed E-state index contributed by atoms with van der Waals surface area (Å²) in [6, 6.07) is 0. The minimum atomic E-state index is 1.17. The molecule has 0 aliphatic carbocycles.